The standard InChI is InChI=1S/C20H17NO5S/c1-13-2-8-16(9-3-13)26-11-10-21-18(22)17(27-20(21)25)12-14-4-6-15(7-5-14)19(23)24/h2-9,12H,10-11H2,1H3,(H,23,24)/b17-12-. The van der Waals surface area contributed by atoms with Gasteiger partial charge < -0.3 is 9.84 Å². The first-order valence-corrected chi connectivity index (χ1v) is 9.04. The minimum absolute atomic E-state index is 0.161. The van der Waals surface area contributed by atoms with Gasteiger partial charge in [-0.3, -0.25) is 14.5 Å². The summed E-state index contributed by atoms with van der Waals surface area (Å²) < 4.78 is 5.58. The van der Waals surface area contributed by atoms with Crippen LogP contribution in [0.2, 0.25) is 0 Å². The normalized spacial score (nSPS) is 15.4. The molecule has 1 fully saturated rings. The van der Waals surface area contributed by atoms with Crippen LogP contribution in [0.3, 0.4) is 0 Å². The number of nitrogens with zero attached hydrogens (tertiary/aromatic N) is 1. The summed E-state index contributed by atoms with van der Waals surface area (Å²) in [5.41, 5.74) is 1.93. The molecule has 1 aliphatic heterocycles. The van der Waals surface area contributed by atoms with E-state index in [0.717, 1.165) is 22.2 Å². The number of thioether (sulfide) groups is 1. The Morgan fingerprint density at radius 1 is 1.11 bits per heavy atom. The van der Waals surface area contributed by atoms with Gasteiger partial charge in [0.05, 0.1) is 17.0 Å². The van der Waals surface area contributed by atoms with Crippen molar-refractivity contribution in [3.8, 4) is 5.75 Å². The van der Waals surface area contributed by atoms with Crippen LogP contribution in [0.25, 0.3) is 6.08 Å². The molecular formula is C20H17NO5S. The van der Waals surface area contributed by atoms with Gasteiger partial charge in [-0.05, 0) is 54.6 Å². The minimum atomic E-state index is -1.02. The fraction of sp³-hybridized carbons (Fsp3) is 0.150. The third-order valence-electron chi connectivity index (χ3n) is 3.93. The van der Waals surface area contributed by atoms with Crippen molar-refractivity contribution in [3.63, 3.8) is 0 Å². The third kappa shape index (κ3) is 4.57. The van der Waals surface area contributed by atoms with Crippen LogP contribution in [0.1, 0.15) is 21.5 Å². The van der Waals surface area contributed by atoms with Crippen LogP contribution >= 0.6 is 11.8 Å². The van der Waals surface area contributed by atoms with Gasteiger partial charge in [-0.25, -0.2) is 4.79 Å². The van der Waals surface area contributed by atoms with Crippen molar-refractivity contribution in [1.82, 2.24) is 4.90 Å². The van der Waals surface area contributed by atoms with Crippen molar-refractivity contribution in [3.05, 3.63) is 70.1 Å². The zero-order valence-corrected chi connectivity index (χ0v) is 15.4. The van der Waals surface area contributed by atoms with Crippen LogP contribution < -0.4 is 4.74 Å². The van der Waals surface area contributed by atoms with Crippen LogP contribution in [-0.4, -0.2) is 40.3 Å². The maximum Gasteiger partial charge on any atom is 0.335 e. The fourth-order valence-electron chi connectivity index (χ4n) is 2.46. The monoisotopic (exact) mass is 383 g/mol. The second-order valence-electron chi connectivity index (χ2n) is 5.92. The Balaban J connectivity index is 1.62. The van der Waals surface area contributed by atoms with E-state index in [4.69, 9.17) is 9.84 Å². The number of rotatable bonds is 6. The predicted molar refractivity (Wildman–Crippen MR) is 103 cm³/mol. The molecule has 0 aliphatic carbocycles. The van der Waals surface area contributed by atoms with E-state index < -0.39 is 5.97 Å². The lowest BCUT2D eigenvalue weighted by Crippen LogP contribution is -2.32. The SMILES string of the molecule is Cc1ccc(OCCN2C(=O)S/C(=C\c3ccc(C(=O)O)cc3)C2=O)cc1. The van der Waals surface area contributed by atoms with E-state index in [9.17, 15) is 14.4 Å². The maximum absolute atomic E-state index is 12.4. The quantitative estimate of drug-likeness (QED) is 0.764. The zero-order chi connectivity index (χ0) is 19.4. The van der Waals surface area contributed by atoms with Gasteiger partial charge in [0.15, 0.2) is 0 Å². The molecule has 1 saturated heterocycles. The van der Waals surface area contributed by atoms with Crippen LogP contribution in [0.4, 0.5) is 4.79 Å². The first-order valence-electron chi connectivity index (χ1n) is 8.22. The molecule has 0 radical (unpaired) electrons. The number of carbonyl (C=O) groups is 3. The van der Waals surface area contributed by atoms with Gasteiger partial charge in [0.2, 0.25) is 0 Å². The lowest BCUT2D eigenvalue weighted by atomic mass is 10.1. The second kappa shape index (κ2) is 8.09. The highest BCUT2D eigenvalue weighted by Gasteiger charge is 2.34. The van der Waals surface area contributed by atoms with Crippen molar-refractivity contribution in [2.45, 2.75) is 6.92 Å². The van der Waals surface area contributed by atoms with Crippen molar-refractivity contribution in [1.29, 1.82) is 0 Å². The number of imide groups is 1. The summed E-state index contributed by atoms with van der Waals surface area (Å²) in [7, 11) is 0. The first kappa shape index (κ1) is 18.7. The summed E-state index contributed by atoms with van der Waals surface area (Å²) in [6.07, 6.45) is 1.58. The van der Waals surface area contributed by atoms with E-state index in [1.807, 2.05) is 31.2 Å². The Morgan fingerprint density at radius 3 is 2.41 bits per heavy atom. The van der Waals surface area contributed by atoms with Crippen LogP contribution in [0.5, 0.6) is 5.75 Å². The summed E-state index contributed by atoms with van der Waals surface area (Å²) in [4.78, 5) is 36.9. The first-order chi connectivity index (χ1) is 12.9. The molecule has 6 nitrogen and oxygen atoms in total. The molecule has 2 amide bonds. The average Bonchev–Trinajstić information content (AvgIpc) is 2.91. The van der Waals surface area contributed by atoms with E-state index in [0.29, 0.717) is 16.2 Å². The highest BCUT2D eigenvalue weighted by atomic mass is 32.2. The number of carbonyl (C=O) groups excluding carboxylic acids is 2. The number of benzene rings is 2. The van der Waals surface area contributed by atoms with Crippen LogP contribution in [0.15, 0.2) is 53.4 Å². The highest BCUT2D eigenvalue weighted by molar-refractivity contribution is 8.18. The molecule has 0 atom stereocenters. The van der Waals surface area contributed by atoms with Crippen molar-refractivity contribution in [2.24, 2.45) is 0 Å². The summed E-state index contributed by atoms with van der Waals surface area (Å²) in [6, 6.07) is 13.6. The summed E-state index contributed by atoms with van der Waals surface area (Å²) in [5, 5.41) is 8.57. The Morgan fingerprint density at radius 2 is 1.78 bits per heavy atom. The molecule has 0 aromatic heterocycles. The van der Waals surface area contributed by atoms with Crippen LogP contribution in [-0.2, 0) is 4.79 Å². The van der Waals surface area contributed by atoms with E-state index >= 15 is 0 Å². The molecule has 3 rings (SSSR count). The molecule has 0 spiro atoms. The van der Waals surface area contributed by atoms with Gasteiger partial charge in [0.1, 0.15) is 12.4 Å². The zero-order valence-electron chi connectivity index (χ0n) is 14.5. The third-order valence-corrected chi connectivity index (χ3v) is 4.84. The van der Waals surface area contributed by atoms with E-state index in [1.54, 1.807) is 18.2 Å². The minimum Gasteiger partial charge on any atom is -0.492 e. The Bertz CT molecular complexity index is 903. The van der Waals surface area contributed by atoms with Gasteiger partial charge in [-0.15, -0.1) is 0 Å². The predicted octanol–water partition coefficient (Wildman–Crippen LogP) is 3.81. The molecule has 1 heterocycles. The van der Waals surface area contributed by atoms with E-state index in [-0.39, 0.29) is 29.9 Å². The number of hydrogen-bond donors (Lipinski definition) is 1. The Hall–Kier alpha value is -3.06. The molecule has 27 heavy (non-hydrogen) atoms. The van der Waals surface area contributed by atoms with E-state index in [2.05, 4.69) is 0 Å². The molecule has 0 saturated carbocycles. The molecule has 2 aromatic carbocycles. The van der Waals surface area contributed by atoms with Gasteiger partial charge >= 0.3 is 5.97 Å². The second-order valence-corrected chi connectivity index (χ2v) is 6.92. The highest BCUT2D eigenvalue weighted by Crippen LogP contribution is 2.32. The molecule has 2 aromatic rings. The number of amides is 2. The van der Waals surface area contributed by atoms with Gasteiger partial charge in [-0.2, -0.15) is 0 Å². The lowest BCUT2D eigenvalue weighted by Gasteiger charge is -2.13. The lowest BCUT2D eigenvalue weighted by molar-refractivity contribution is -0.123. The molecule has 138 valence electrons. The average molecular weight is 383 g/mol. The molecule has 1 aliphatic rings. The number of aryl methyl sites for hydroxylation is 1. The number of hydrogen-bond acceptors (Lipinski definition) is 5. The summed E-state index contributed by atoms with van der Waals surface area (Å²) in [6.45, 7) is 2.35. The van der Waals surface area contributed by atoms with Crippen molar-refractivity contribution in [2.75, 3.05) is 13.2 Å². The smallest absolute Gasteiger partial charge is 0.335 e. The molecular weight excluding hydrogens is 366 g/mol. The van der Waals surface area contributed by atoms with Crippen LogP contribution in [0, 0.1) is 6.92 Å². The topological polar surface area (TPSA) is 83.9 Å². The maximum atomic E-state index is 12.4. The molecule has 0 unspecified atom stereocenters. The molecule has 0 bridgehead atoms. The Labute approximate surface area is 160 Å². The van der Waals surface area contributed by atoms with Gasteiger partial charge in [0.25, 0.3) is 11.1 Å². The Kier molecular flexibility index (Phi) is 5.61. The van der Waals surface area contributed by atoms with Crippen molar-refractivity contribution < 1.29 is 24.2 Å². The summed E-state index contributed by atoms with van der Waals surface area (Å²) >= 11 is 0.862. The van der Waals surface area contributed by atoms with Gasteiger partial charge in [0, 0.05) is 0 Å². The largest absolute Gasteiger partial charge is 0.492 e. The fourth-order valence-corrected chi connectivity index (χ4v) is 3.32. The van der Waals surface area contributed by atoms with Gasteiger partial charge in [-0.1, -0.05) is 29.8 Å². The number of ether oxygens (including phenoxy) is 1. The van der Waals surface area contributed by atoms with Crippen molar-refractivity contribution >= 4 is 35.0 Å². The number of carboxylic acids is 1. The number of aromatic carboxylic acids is 1. The number of carboxylic acid groups (broad SMARTS) is 1. The summed E-state index contributed by atoms with van der Waals surface area (Å²) in [5.74, 6) is -0.711. The molecule has 7 heteroatoms. The van der Waals surface area contributed by atoms with E-state index in [1.165, 1.54) is 12.1 Å². The molecule has 1 N–H and O–H groups in total.